The Kier molecular flexibility index (Phi) is 3.95. The molecule has 1 aromatic heterocycles. The van der Waals surface area contributed by atoms with E-state index in [1.807, 2.05) is 11.7 Å². The van der Waals surface area contributed by atoms with Gasteiger partial charge in [-0.1, -0.05) is 6.42 Å². The van der Waals surface area contributed by atoms with Gasteiger partial charge in [0.2, 0.25) is 0 Å². The van der Waals surface area contributed by atoms with Crippen molar-refractivity contribution in [2.75, 3.05) is 0 Å². The molecule has 1 saturated heterocycles. The normalized spacial score (nSPS) is 29.2. The number of hydrogen-bond donors (Lipinski definition) is 1. The molecule has 16 heavy (non-hydrogen) atoms. The van der Waals surface area contributed by atoms with Crippen LogP contribution in [0.1, 0.15) is 51.0 Å². The lowest BCUT2D eigenvalue weighted by Gasteiger charge is -2.40. The van der Waals surface area contributed by atoms with Gasteiger partial charge in [0.25, 0.3) is 0 Å². The van der Waals surface area contributed by atoms with Gasteiger partial charge in [-0.3, -0.25) is 4.98 Å². The number of hydrazine groups is 1. The number of rotatable bonds is 3. The van der Waals surface area contributed by atoms with Gasteiger partial charge in [-0.05, 0) is 33.6 Å². The van der Waals surface area contributed by atoms with Crippen LogP contribution in [0.25, 0.3) is 0 Å². The molecule has 1 aliphatic rings. The zero-order valence-corrected chi connectivity index (χ0v) is 11.1. The molecule has 0 radical (unpaired) electrons. The van der Waals surface area contributed by atoms with Crippen molar-refractivity contribution in [3.05, 3.63) is 16.6 Å². The molecule has 0 amide bonds. The third-order valence-electron chi connectivity index (χ3n) is 3.41. The van der Waals surface area contributed by atoms with Crippen LogP contribution in [0.2, 0.25) is 0 Å². The molecule has 2 heterocycles. The third-order valence-corrected chi connectivity index (χ3v) is 4.37. The summed E-state index contributed by atoms with van der Waals surface area (Å²) in [4.78, 5) is 5.44. The van der Waals surface area contributed by atoms with E-state index in [2.05, 4.69) is 36.2 Å². The Morgan fingerprint density at radius 2 is 2.12 bits per heavy atom. The van der Waals surface area contributed by atoms with E-state index in [4.69, 9.17) is 0 Å². The predicted molar refractivity (Wildman–Crippen MR) is 68.3 cm³/mol. The molecule has 3 nitrogen and oxygen atoms in total. The Morgan fingerprint density at radius 1 is 1.44 bits per heavy atom. The molecule has 0 bridgehead atoms. The van der Waals surface area contributed by atoms with E-state index in [9.17, 15) is 0 Å². The average molecular weight is 239 g/mol. The van der Waals surface area contributed by atoms with E-state index in [1.165, 1.54) is 24.1 Å². The predicted octanol–water partition coefficient (Wildman–Crippen LogP) is 2.97. The summed E-state index contributed by atoms with van der Waals surface area (Å²) in [5, 5.41) is 2.42. The molecule has 3 atom stereocenters. The zero-order chi connectivity index (χ0) is 11.5. The highest BCUT2D eigenvalue weighted by Crippen LogP contribution is 2.24. The minimum absolute atomic E-state index is 0.371. The molecule has 1 fully saturated rings. The molecule has 2 rings (SSSR count). The van der Waals surface area contributed by atoms with Gasteiger partial charge in [0.15, 0.2) is 0 Å². The Bertz CT molecular complexity index is 302. The summed E-state index contributed by atoms with van der Waals surface area (Å²) in [5.41, 5.74) is 5.52. The fraction of sp³-hybridized carbons (Fsp3) is 0.750. The first-order valence-corrected chi connectivity index (χ1v) is 6.99. The number of nitrogens with zero attached hydrogens (tertiary/aromatic N) is 2. The number of aromatic nitrogens is 1. The molecule has 3 unspecified atom stereocenters. The summed E-state index contributed by atoms with van der Waals surface area (Å²) in [7, 11) is 0. The van der Waals surface area contributed by atoms with Crippen molar-refractivity contribution >= 4 is 11.3 Å². The highest BCUT2D eigenvalue weighted by atomic mass is 32.1. The summed E-state index contributed by atoms with van der Waals surface area (Å²) in [6.07, 6.45) is 5.91. The van der Waals surface area contributed by atoms with Gasteiger partial charge in [0, 0.05) is 23.2 Å². The van der Waals surface area contributed by atoms with Crippen LogP contribution in [0.15, 0.2) is 11.7 Å². The van der Waals surface area contributed by atoms with Crippen LogP contribution in [0.4, 0.5) is 0 Å². The zero-order valence-electron chi connectivity index (χ0n) is 10.3. The highest BCUT2D eigenvalue weighted by Gasteiger charge is 2.26. The van der Waals surface area contributed by atoms with Crippen LogP contribution < -0.4 is 5.43 Å². The van der Waals surface area contributed by atoms with E-state index in [-0.39, 0.29) is 0 Å². The average Bonchev–Trinajstić information content (AvgIpc) is 2.76. The van der Waals surface area contributed by atoms with Crippen LogP contribution in [-0.2, 0) is 0 Å². The molecule has 4 heteroatoms. The van der Waals surface area contributed by atoms with Gasteiger partial charge < -0.3 is 0 Å². The topological polar surface area (TPSA) is 28.2 Å². The van der Waals surface area contributed by atoms with Gasteiger partial charge in [-0.2, -0.15) is 0 Å². The molecule has 0 saturated carbocycles. The van der Waals surface area contributed by atoms with Crippen LogP contribution in [0, 0.1) is 0 Å². The van der Waals surface area contributed by atoms with Gasteiger partial charge in [0.05, 0.1) is 11.6 Å². The first kappa shape index (κ1) is 12.0. The van der Waals surface area contributed by atoms with Crippen LogP contribution in [0.3, 0.4) is 0 Å². The van der Waals surface area contributed by atoms with Gasteiger partial charge in [-0.25, -0.2) is 10.4 Å². The first-order valence-electron chi connectivity index (χ1n) is 6.11. The van der Waals surface area contributed by atoms with Crippen molar-refractivity contribution in [3.63, 3.8) is 0 Å². The molecule has 0 aliphatic carbocycles. The van der Waals surface area contributed by atoms with Crippen molar-refractivity contribution in [3.8, 4) is 0 Å². The minimum atomic E-state index is 0.371. The quantitative estimate of drug-likeness (QED) is 0.879. The number of hydrogen-bond acceptors (Lipinski definition) is 4. The number of thiazole rings is 1. The molecule has 90 valence electrons. The number of nitrogens with one attached hydrogen (secondary N) is 1. The van der Waals surface area contributed by atoms with Crippen molar-refractivity contribution in [2.24, 2.45) is 0 Å². The SMILES string of the molecule is CC(NN1C(C)CCCC1C)c1cncs1. The monoisotopic (exact) mass is 239 g/mol. The molecule has 1 N–H and O–H groups in total. The Hall–Kier alpha value is -0.450. The Balaban J connectivity index is 1.97. The summed E-state index contributed by atoms with van der Waals surface area (Å²) in [6.45, 7) is 6.83. The molecule has 1 aromatic rings. The van der Waals surface area contributed by atoms with Crippen LogP contribution in [-0.4, -0.2) is 22.1 Å². The molecular weight excluding hydrogens is 218 g/mol. The lowest BCUT2D eigenvalue weighted by atomic mass is 10.00. The van der Waals surface area contributed by atoms with Crippen molar-refractivity contribution in [1.29, 1.82) is 0 Å². The van der Waals surface area contributed by atoms with E-state index < -0.39 is 0 Å². The lowest BCUT2D eigenvalue weighted by molar-refractivity contribution is 0.0325. The summed E-state index contributed by atoms with van der Waals surface area (Å²) >= 11 is 1.72. The smallest absolute Gasteiger partial charge is 0.0794 e. The van der Waals surface area contributed by atoms with Crippen LogP contribution >= 0.6 is 11.3 Å². The van der Waals surface area contributed by atoms with E-state index >= 15 is 0 Å². The van der Waals surface area contributed by atoms with E-state index in [1.54, 1.807) is 11.3 Å². The van der Waals surface area contributed by atoms with Crippen molar-refractivity contribution < 1.29 is 0 Å². The molecule has 0 aromatic carbocycles. The summed E-state index contributed by atoms with van der Waals surface area (Å²) in [5.74, 6) is 0. The minimum Gasteiger partial charge on any atom is -0.253 e. The van der Waals surface area contributed by atoms with Gasteiger partial charge in [-0.15, -0.1) is 11.3 Å². The summed E-state index contributed by atoms with van der Waals surface area (Å²) in [6, 6.07) is 1.65. The van der Waals surface area contributed by atoms with E-state index in [0.717, 1.165) is 0 Å². The highest BCUT2D eigenvalue weighted by molar-refractivity contribution is 7.09. The maximum atomic E-state index is 4.13. The third kappa shape index (κ3) is 2.62. The standard InChI is InChI=1S/C12H21N3S/c1-9-5-4-6-10(2)15(9)14-11(3)12-7-13-8-16-12/h7-11,14H,4-6H2,1-3H3. The fourth-order valence-electron chi connectivity index (χ4n) is 2.40. The second-order valence-corrected chi connectivity index (χ2v) is 5.71. The van der Waals surface area contributed by atoms with Crippen molar-refractivity contribution in [2.45, 2.75) is 58.2 Å². The second-order valence-electron chi connectivity index (χ2n) is 4.79. The maximum absolute atomic E-state index is 4.13. The van der Waals surface area contributed by atoms with Gasteiger partial charge >= 0.3 is 0 Å². The lowest BCUT2D eigenvalue weighted by Crippen LogP contribution is -2.52. The molecule has 0 spiro atoms. The molecular formula is C12H21N3S. The Morgan fingerprint density at radius 3 is 2.69 bits per heavy atom. The van der Waals surface area contributed by atoms with Crippen LogP contribution in [0.5, 0.6) is 0 Å². The van der Waals surface area contributed by atoms with E-state index in [0.29, 0.717) is 18.1 Å². The van der Waals surface area contributed by atoms with Gasteiger partial charge in [0.1, 0.15) is 0 Å². The largest absolute Gasteiger partial charge is 0.253 e. The Labute approximate surface area is 102 Å². The molecule has 1 aliphatic heterocycles. The summed E-state index contributed by atoms with van der Waals surface area (Å²) < 4.78 is 0. The number of piperidine rings is 1. The first-order chi connectivity index (χ1) is 7.68. The maximum Gasteiger partial charge on any atom is 0.0794 e. The second kappa shape index (κ2) is 5.25. The van der Waals surface area contributed by atoms with Crippen molar-refractivity contribution in [1.82, 2.24) is 15.4 Å². The fourth-order valence-corrected chi connectivity index (χ4v) is 3.02.